The van der Waals surface area contributed by atoms with Crippen LogP contribution in [0.5, 0.6) is 0 Å². The number of amides is 4. The van der Waals surface area contributed by atoms with Gasteiger partial charge in [-0.2, -0.15) is 18.4 Å². The summed E-state index contributed by atoms with van der Waals surface area (Å²) in [5, 5.41) is 16.7. The highest BCUT2D eigenvalue weighted by molar-refractivity contribution is 5.94. The fourth-order valence-electron chi connectivity index (χ4n) is 5.55. The Morgan fingerprint density at radius 1 is 1.20 bits per heavy atom. The summed E-state index contributed by atoms with van der Waals surface area (Å²) < 4.78 is 38.9. The molecule has 2 heterocycles. The number of carbonyl (C=O) groups is 4. The first-order chi connectivity index (χ1) is 16.1. The maximum Gasteiger partial charge on any atom is 0.471 e. The lowest BCUT2D eigenvalue weighted by molar-refractivity contribution is -0.176. The first-order valence-electron chi connectivity index (χ1n) is 11.8. The summed E-state index contributed by atoms with van der Waals surface area (Å²) in [7, 11) is 0. The van der Waals surface area contributed by atoms with Crippen molar-refractivity contribution >= 4 is 23.6 Å². The highest BCUT2D eigenvalue weighted by Crippen LogP contribution is 2.47. The van der Waals surface area contributed by atoms with E-state index in [1.54, 1.807) is 0 Å². The third-order valence-electron chi connectivity index (χ3n) is 7.34. The standard InChI is InChI=1S/C23H32F3N5O4/c1-11-7-14-9-15(11)16(19(33)29-13(10-27)8-12-5-6-28-18(12)32)31(14)20(34)17(22(2,3)4)30-21(35)23(24,25)26/h11-17H,5-9H2,1-4H3,(H,28,32)(H,29,33)(H,30,35)/t11?,12-,13-,14+,15+,16-,17+/m0/s1. The summed E-state index contributed by atoms with van der Waals surface area (Å²) in [4.78, 5) is 51.8. The molecule has 3 N–H and O–H groups in total. The number of hydrogen-bond donors (Lipinski definition) is 3. The molecule has 1 unspecified atom stereocenters. The van der Waals surface area contributed by atoms with Gasteiger partial charge in [0.15, 0.2) is 0 Å². The SMILES string of the molecule is CC1C[C@@H]2C[C@H]1[C@@H](C(=O)N[C@H](C#N)C[C@@H]1CCNC1=O)N2C(=O)[C@@H](NC(=O)C(F)(F)F)C(C)(C)C. The van der Waals surface area contributed by atoms with Gasteiger partial charge in [0.2, 0.25) is 17.7 Å². The largest absolute Gasteiger partial charge is 0.471 e. The van der Waals surface area contributed by atoms with Gasteiger partial charge in [-0.25, -0.2) is 0 Å². The molecule has 4 amide bonds. The van der Waals surface area contributed by atoms with Crippen LogP contribution in [-0.4, -0.2) is 65.4 Å². The van der Waals surface area contributed by atoms with Gasteiger partial charge in [-0.05, 0) is 42.9 Å². The van der Waals surface area contributed by atoms with Crippen molar-refractivity contribution in [3.63, 3.8) is 0 Å². The monoisotopic (exact) mass is 499 g/mol. The van der Waals surface area contributed by atoms with E-state index in [0.717, 1.165) is 0 Å². The van der Waals surface area contributed by atoms with E-state index in [-0.39, 0.29) is 30.2 Å². The van der Waals surface area contributed by atoms with Crippen molar-refractivity contribution in [1.29, 1.82) is 5.26 Å². The quantitative estimate of drug-likeness (QED) is 0.506. The molecule has 3 fully saturated rings. The topological polar surface area (TPSA) is 131 Å². The fraction of sp³-hybridized carbons (Fsp3) is 0.783. The van der Waals surface area contributed by atoms with E-state index in [1.165, 1.54) is 25.7 Å². The van der Waals surface area contributed by atoms with Crippen molar-refractivity contribution in [2.45, 2.75) is 83.7 Å². The van der Waals surface area contributed by atoms with Crippen molar-refractivity contribution in [2.24, 2.45) is 23.2 Å². The summed E-state index contributed by atoms with van der Waals surface area (Å²) >= 11 is 0. The van der Waals surface area contributed by atoms with E-state index in [4.69, 9.17) is 0 Å². The average molecular weight is 500 g/mol. The Labute approximate surface area is 202 Å². The summed E-state index contributed by atoms with van der Waals surface area (Å²) in [5.74, 6) is -4.26. The maximum atomic E-state index is 13.6. The molecule has 3 rings (SSSR count). The molecule has 0 aromatic carbocycles. The normalized spacial score (nSPS) is 29.8. The molecule has 0 aromatic heterocycles. The van der Waals surface area contributed by atoms with E-state index in [0.29, 0.717) is 25.8 Å². The predicted octanol–water partition coefficient (Wildman–Crippen LogP) is 1.24. The average Bonchev–Trinajstić information content (AvgIpc) is 3.43. The zero-order chi connectivity index (χ0) is 26.3. The number of halogens is 3. The molecule has 0 radical (unpaired) electrons. The van der Waals surface area contributed by atoms with Crippen LogP contribution in [0.3, 0.4) is 0 Å². The van der Waals surface area contributed by atoms with Crippen molar-refractivity contribution < 1.29 is 32.3 Å². The number of carbonyl (C=O) groups excluding carboxylic acids is 4. The van der Waals surface area contributed by atoms with E-state index in [9.17, 15) is 37.6 Å². The molecule has 1 saturated carbocycles. The molecule has 35 heavy (non-hydrogen) atoms. The van der Waals surface area contributed by atoms with E-state index >= 15 is 0 Å². The van der Waals surface area contributed by atoms with Crippen LogP contribution in [-0.2, 0) is 19.2 Å². The minimum atomic E-state index is -5.16. The highest BCUT2D eigenvalue weighted by atomic mass is 19.4. The number of nitrogens with one attached hydrogen (secondary N) is 3. The second-order valence-electron chi connectivity index (χ2n) is 10.9. The molecule has 0 spiro atoms. The molecule has 2 aliphatic heterocycles. The van der Waals surface area contributed by atoms with Gasteiger partial charge in [-0.1, -0.05) is 27.7 Å². The number of hydrogen-bond acceptors (Lipinski definition) is 5. The third-order valence-corrected chi connectivity index (χ3v) is 7.34. The smallest absolute Gasteiger partial charge is 0.356 e. The first-order valence-corrected chi connectivity index (χ1v) is 11.8. The van der Waals surface area contributed by atoms with Crippen molar-refractivity contribution in [3.05, 3.63) is 0 Å². The van der Waals surface area contributed by atoms with E-state index in [1.807, 2.05) is 18.3 Å². The van der Waals surface area contributed by atoms with E-state index < -0.39 is 53.4 Å². The van der Waals surface area contributed by atoms with Crippen LogP contribution in [0.15, 0.2) is 0 Å². The Morgan fingerprint density at radius 3 is 2.37 bits per heavy atom. The highest BCUT2D eigenvalue weighted by Gasteiger charge is 2.57. The lowest BCUT2D eigenvalue weighted by Gasteiger charge is -2.41. The first kappa shape index (κ1) is 26.8. The van der Waals surface area contributed by atoms with Gasteiger partial charge in [0.1, 0.15) is 18.1 Å². The van der Waals surface area contributed by atoms with Crippen LogP contribution in [0, 0.1) is 34.5 Å². The van der Waals surface area contributed by atoms with Crippen LogP contribution in [0.4, 0.5) is 13.2 Å². The summed E-state index contributed by atoms with van der Waals surface area (Å²) in [6.07, 6.45) is -3.38. The van der Waals surface area contributed by atoms with Gasteiger partial charge in [-0.15, -0.1) is 0 Å². The van der Waals surface area contributed by atoms with Crippen molar-refractivity contribution in [1.82, 2.24) is 20.9 Å². The number of alkyl halides is 3. The minimum Gasteiger partial charge on any atom is -0.356 e. The molecule has 12 heteroatoms. The molecule has 0 aromatic rings. The van der Waals surface area contributed by atoms with Crippen LogP contribution in [0.25, 0.3) is 0 Å². The van der Waals surface area contributed by atoms with Gasteiger partial charge in [0.25, 0.3) is 0 Å². The number of nitriles is 1. The lowest BCUT2D eigenvalue weighted by atomic mass is 9.83. The Kier molecular flexibility index (Phi) is 7.39. The van der Waals surface area contributed by atoms with Crippen LogP contribution < -0.4 is 16.0 Å². The molecular weight excluding hydrogens is 467 g/mol. The Hall–Kier alpha value is -2.84. The number of rotatable bonds is 6. The second-order valence-corrected chi connectivity index (χ2v) is 10.9. The zero-order valence-electron chi connectivity index (χ0n) is 20.2. The molecule has 194 valence electrons. The summed E-state index contributed by atoms with van der Waals surface area (Å²) in [6.45, 7) is 7.06. The molecule has 9 nitrogen and oxygen atoms in total. The van der Waals surface area contributed by atoms with Gasteiger partial charge < -0.3 is 20.9 Å². The number of piperidine rings is 1. The molecule has 7 atom stereocenters. The van der Waals surface area contributed by atoms with Gasteiger partial charge in [0, 0.05) is 18.5 Å². The summed E-state index contributed by atoms with van der Waals surface area (Å²) in [6, 6.07) is -1.79. The number of nitrogens with zero attached hydrogens (tertiary/aromatic N) is 2. The van der Waals surface area contributed by atoms with Crippen molar-refractivity contribution in [2.75, 3.05) is 6.54 Å². The molecule has 2 bridgehead atoms. The number of fused-ring (bicyclic) bond motifs is 2. The second kappa shape index (κ2) is 9.66. The predicted molar refractivity (Wildman–Crippen MR) is 117 cm³/mol. The Balaban J connectivity index is 1.82. The molecule has 1 aliphatic carbocycles. The van der Waals surface area contributed by atoms with Crippen LogP contribution >= 0.6 is 0 Å². The lowest BCUT2D eigenvalue weighted by Crippen LogP contribution is -2.63. The fourth-order valence-corrected chi connectivity index (χ4v) is 5.55. The molecular formula is C23H32F3N5O4. The third kappa shape index (κ3) is 5.54. The number of likely N-dealkylation sites (tertiary alicyclic amines) is 1. The Morgan fingerprint density at radius 2 is 1.86 bits per heavy atom. The summed E-state index contributed by atoms with van der Waals surface area (Å²) in [5.41, 5.74) is -1.06. The zero-order valence-corrected chi connectivity index (χ0v) is 20.2. The maximum absolute atomic E-state index is 13.6. The minimum absolute atomic E-state index is 0.0961. The molecule has 2 saturated heterocycles. The van der Waals surface area contributed by atoms with E-state index in [2.05, 4.69) is 10.6 Å². The van der Waals surface area contributed by atoms with Gasteiger partial charge >= 0.3 is 12.1 Å². The van der Waals surface area contributed by atoms with Gasteiger partial charge in [0.05, 0.1) is 6.07 Å². The molecule has 3 aliphatic rings. The van der Waals surface area contributed by atoms with Gasteiger partial charge in [-0.3, -0.25) is 19.2 Å². The van der Waals surface area contributed by atoms with Crippen LogP contribution in [0.1, 0.15) is 53.4 Å². The van der Waals surface area contributed by atoms with Crippen LogP contribution in [0.2, 0.25) is 0 Å². The Bertz CT molecular complexity index is 926. The van der Waals surface area contributed by atoms with Crippen molar-refractivity contribution in [3.8, 4) is 6.07 Å².